The number of hydrogen-bond acceptors (Lipinski definition) is 7. The molecule has 33 heavy (non-hydrogen) atoms. The standard InChI is InChI=1S/C22H21BrFN7O2/c1-12-10-25-21(28-17-5-6-26-31(17)4)29-18(12)16-11-33-20(27-16)19(32)30-22(2,3)13-7-14(23)9-15(24)8-13/h5-11H,1-4H3,(H,30,32)(H,25,28,29). The van der Waals surface area contributed by atoms with Gasteiger partial charge in [0, 0.05) is 23.8 Å². The first-order valence-electron chi connectivity index (χ1n) is 9.96. The van der Waals surface area contributed by atoms with E-state index in [-0.39, 0.29) is 5.89 Å². The topological polar surface area (TPSA) is 111 Å². The van der Waals surface area contributed by atoms with Crippen molar-refractivity contribution >= 4 is 33.6 Å². The maximum Gasteiger partial charge on any atom is 0.307 e. The van der Waals surface area contributed by atoms with Crippen LogP contribution in [-0.2, 0) is 12.6 Å². The molecule has 1 aromatic carbocycles. The number of carbonyl (C=O) groups is 1. The molecule has 0 atom stereocenters. The number of carbonyl (C=O) groups excluding carboxylic acids is 1. The molecule has 0 bridgehead atoms. The van der Waals surface area contributed by atoms with E-state index in [1.54, 1.807) is 50.1 Å². The minimum Gasteiger partial charge on any atom is -0.440 e. The van der Waals surface area contributed by atoms with Crippen molar-refractivity contribution in [3.8, 4) is 11.4 Å². The molecule has 0 saturated carbocycles. The Bertz CT molecular complexity index is 1310. The Labute approximate surface area is 197 Å². The van der Waals surface area contributed by atoms with E-state index in [0.717, 1.165) is 11.4 Å². The van der Waals surface area contributed by atoms with Gasteiger partial charge in [0.25, 0.3) is 5.89 Å². The van der Waals surface area contributed by atoms with Crippen LogP contribution in [0.2, 0.25) is 0 Å². The highest BCUT2D eigenvalue weighted by Gasteiger charge is 2.27. The van der Waals surface area contributed by atoms with Crippen molar-refractivity contribution in [2.75, 3.05) is 5.32 Å². The van der Waals surface area contributed by atoms with Crippen LogP contribution in [0.15, 0.2) is 51.8 Å². The molecule has 0 aliphatic rings. The van der Waals surface area contributed by atoms with Crippen molar-refractivity contribution in [2.45, 2.75) is 26.3 Å². The molecule has 0 unspecified atom stereocenters. The Morgan fingerprint density at radius 3 is 2.73 bits per heavy atom. The molecule has 2 N–H and O–H groups in total. The molecule has 11 heteroatoms. The molecule has 4 aromatic rings. The third-order valence-corrected chi connectivity index (χ3v) is 5.44. The second kappa shape index (κ2) is 8.74. The lowest BCUT2D eigenvalue weighted by molar-refractivity contribution is 0.0876. The largest absolute Gasteiger partial charge is 0.440 e. The number of nitrogens with zero attached hydrogens (tertiary/aromatic N) is 5. The van der Waals surface area contributed by atoms with E-state index in [0.29, 0.717) is 27.4 Å². The van der Waals surface area contributed by atoms with Gasteiger partial charge in [0.1, 0.15) is 29.3 Å². The van der Waals surface area contributed by atoms with E-state index in [9.17, 15) is 9.18 Å². The van der Waals surface area contributed by atoms with Crippen LogP contribution in [0.3, 0.4) is 0 Å². The maximum absolute atomic E-state index is 13.8. The number of aryl methyl sites for hydroxylation is 2. The summed E-state index contributed by atoms with van der Waals surface area (Å²) in [5.74, 6) is -0.00332. The van der Waals surface area contributed by atoms with Crippen molar-refractivity contribution in [1.82, 2.24) is 30.0 Å². The van der Waals surface area contributed by atoms with Crippen molar-refractivity contribution in [3.05, 3.63) is 70.2 Å². The minimum absolute atomic E-state index is 0.132. The SMILES string of the molecule is Cc1cnc(Nc2ccnn2C)nc1-c1coc(C(=O)NC(C)(C)c2cc(F)cc(Br)c2)n1. The Morgan fingerprint density at radius 1 is 1.24 bits per heavy atom. The quantitative estimate of drug-likeness (QED) is 0.390. The third kappa shape index (κ3) is 4.92. The molecule has 170 valence electrons. The van der Waals surface area contributed by atoms with Gasteiger partial charge >= 0.3 is 5.91 Å². The number of benzene rings is 1. The van der Waals surface area contributed by atoms with Crippen LogP contribution in [0.5, 0.6) is 0 Å². The summed E-state index contributed by atoms with van der Waals surface area (Å²) in [6.45, 7) is 5.37. The van der Waals surface area contributed by atoms with Gasteiger partial charge in [-0.15, -0.1) is 0 Å². The zero-order valence-electron chi connectivity index (χ0n) is 18.3. The maximum atomic E-state index is 13.8. The number of aromatic nitrogens is 5. The van der Waals surface area contributed by atoms with Crippen molar-refractivity contribution in [3.63, 3.8) is 0 Å². The van der Waals surface area contributed by atoms with Gasteiger partial charge in [0.15, 0.2) is 0 Å². The van der Waals surface area contributed by atoms with Crippen LogP contribution in [-0.4, -0.2) is 30.6 Å². The van der Waals surface area contributed by atoms with Crippen LogP contribution >= 0.6 is 15.9 Å². The molecule has 9 nitrogen and oxygen atoms in total. The van der Waals surface area contributed by atoms with E-state index >= 15 is 0 Å². The molecule has 0 aliphatic carbocycles. The highest BCUT2D eigenvalue weighted by molar-refractivity contribution is 9.10. The summed E-state index contributed by atoms with van der Waals surface area (Å²) >= 11 is 3.28. The molecular weight excluding hydrogens is 493 g/mol. The van der Waals surface area contributed by atoms with E-state index < -0.39 is 17.3 Å². The second-order valence-corrected chi connectivity index (χ2v) is 8.88. The molecule has 0 spiro atoms. The zero-order valence-corrected chi connectivity index (χ0v) is 19.9. The fourth-order valence-electron chi connectivity index (χ4n) is 3.18. The first-order chi connectivity index (χ1) is 15.6. The van der Waals surface area contributed by atoms with E-state index in [4.69, 9.17) is 4.42 Å². The lowest BCUT2D eigenvalue weighted by Gasteiger charge is -2.26. The number of amides is 1. The average Bonchev–Trinajstić information content (AvgIpc) is 3.38. The van der Waals surface area contributed by atoms with Gasteiger partial charge in [-0.1, -0.05) is 15.9 Å². The van der Waals surface area contributed by atoms with E-state index in [2.05, 4.69) is 46.6 Å². The van der Waals surface area contributed by atoms with Crippen LogP contribution in [0.4, 0.5) is 16.2 Å². The van der Waals surface area contributed by atoms with Crippen molar-refractivity contribution in [2.24, 2.45) is 7.05 Å². The van der Waals surface area contributed by atoms with Gasteiger partial charge < -0.3 is 15.1 Å². The average molecular weight is 514 g/mol. The third-order valence-electron chi connectivity index (χ3n) is 4.98. The highest BCUT2D eigenvalue weighted by Crippen LogP contribution is 2.26. The fraction of sp³-hybridized carbons (Fsp3) is 0.227. The van der Waals surface area contributed by atoms with Crippen LogP contribution < -0.4 is 10.6 Å². The molecular formula is C22H21BrFN7O2. The second-order valence-electron chi connectivity index (χ2n) is 7.97. The van der Waals surface area contributed by atoms with Gasteiger partial charge in [-0.05, 0) is 50.1 Å². The van der Waals surface area contributed by atoms with Gasteiger partial charge in [-0.2, -0.15) is 5.10 Å². The number of oxazole rings is 1. The summed E-state index contributed by atoms with van der Waals surface area (Å²) in [5.41, 5.74) is 1.38. The Hall–Kier alpha value is -3.60. The molecule has 3 heterocycles. The molecule has 0 saturated heterocycles. The predicted octanol–water partition coefficient (Wildman–Crippen LogP) is 4.48. The molecule has 0 fully saturated rings. The van der Waals surface area contributed by atoms with Crippen LogP contribution in [0.25, 0.3) is 11.4 Å². The summed E-state index contributed by atoms with van der Waals surface area (Å²) in [4.78, 5) is 25.9. The smallest absolute Gasteiger partial charge is 0.307 e. The number of nitrogens with one attached hydrogen (secondary N) is 2. The van der Waals surface area contributed by atoms with E-state index in [1.165, 1.54) is 18.4 Å². The van der Waals surface area contributed by atoms with Crippen LogP contribution in [0, 0.1) is 12.7 Å². The van der Waals surface area contributed by atoms with E-state index in [1.807, 2.05) is 6.92 Å². The molecule has 0 aliphatic heterocycles. The number of hydrogen-bond donors (Lipinski definition) is 2. The molecule has 4 rings (SSSR count). The van der Waals surface area contributed by atoms with Gasteiger partial charge in [0.2, 0.25) is 5.95 Å². The first kappa shape index (κ1) is 22.6. The lowest BCUT2D eigenvalue weighted by atomic mass is 9.94. The molecule has 0 radical (unpaired) electrons. The molecule has 3 aromatic heterocycles. The number of halogens is 2. The monoisotopic (exact) mass is 513 g/mol. The van der Waals surface area contributed by atoms with Gasteiger partial charge in [0.05, 0.1) is 11.7 Å². The van der Waals surface area contributed by atoms with Crippen molar-refractivity contribution < 1.29 is 13.6 Å². The highest BCUT2D eigenvalue weighted by atomic mass is 79.9. The predicted molar refractivity (Wildman–Crippen MR) is 123 cm³/mol. The summed E-state index contributed by atoms with van der Waals surface area (Å²) in [7, 11) is 1.80. The summed E-state index contributed by atoms with van der Waals surface area (Å²) in [6.07, 6.45) is 4.67. The summed E-state index contributed by atoms with van der Waals surface area (Å²) in [5, 5.41) is 10.0. The number of anilines is 2. The normalized spacial score (nSPS) is 11.5. The molecule has 1 amide bonds. The van der Waals surface area contributed by atoms with Gasteiger partial charge in [-0.3, -0.25) is 9.48 Å². The summed E-state index contributed by atoms with van der Waals surface area (Å²) in [6, 6.07) is 6.25. The Balaban J connectivity index is 1.55. The first-order valence-corrected chi connectivity index (χ1v) is 10.8. The van der Waals surface area contributed by atoms with Gasteiger partial charge in [-0.25, -0.2) is 19.3 Å². The Morgan fingerprint density at radius 2 is 2.03 bits per heavy atom. The lowest BCUT2D eigenvalue weighted by Crippen LogP contribution is -2.41. The fourth-order valence-corrected chi connectivity index (χ4v) is 3.65. The van der Waals surface area contributed by atoms with Crippen LogP contribution in [0.1, 0.15) is 35.7 Å². The van der Waals surface area contributed by atoms with Crippen molar-refractivity contribution in [1.29, 1.82) is 0 Å². The minimum atomic E-state index is -0.874. The number of rotatable bonds is 6. The summed E-state index contributed by atoms with van der Waals surface area (Å²) < 4.78 is 21.5. The zero-order chi connectivity index (χ0) is 23.8. The Kier molecular flexibility index (Phi) is 5.98.